The van der Waals surface area contributed by atoms with Crippen LogP contribution in [0.1, 0.15) is 22.6 Å². The van der Waals surface area contributed by atoms with Crippen LogP contribution in [0.5, 0.6) is 5.75 Å². The van der Waals surface area contributed by atoms with Gasteiger partial charge < -0.3 is 15.3 Å². The highest BCUT2D eigenvalue weighted by Gasteiger charge is 2.35. The number of aromatic nitrogens is 1. The summed E-state index contributed by atoms with van der Waals surface area (Å²) in [5.74, 6) is 0.706. The number of fused-ring (bicyclic) bond motifs is 3. The number of thiazole rings is 1. The van der Waals surface area contributed by atoms with Crippen LogP contribution in [0.2, 0.25) is 0 Å². The summed E-state index contributed by atoms with van der Waals surface area (Å²) in [6.07, 6.45) is 4.00. The van der Waals surface area contributed by atoms with Crippen LogP contribution >= 0.6 is 11.3 Å². The lowest BCUT2D eigenvalue weighted by atomic mass is 9.84. The van der Waals surface area contributed by atoms with Crippen molar-refractivity contribution in [2.24, 2.45) is 5.92 Å². The third-order valence-corrected chi connectivity index (χ3v) is 5.87. The summed E-state index contributed by atoms with van der Waals surface area (Å²) >= 11 is 1.32. The average molecular weight is 329 g/mol. The fourth-order valence-corrected chi connectivity index (χ4v) is 4.40. The first-order valence-corrected chi connectivity index (χ1v) is 8.80. The van der Waals surface area contributed by atoms with Crippen LogP contribution in [-0.4, -0.2) is 46.6 Å². The van der Waals surface area contributed by atoms with Crippen LogP contribution in [0.25, 0.3) is 10.4 Å². The maximum absolute atomic E-state index is 12.5. The summed E-state index contributed by atoms with van der Waals surface area (Å²) < 4.78 is 0. The smallest absolute Gasteiger partial charge is 0.280 e. The van der Waals surface area contributed by atoms with Crippen LogP contribution < -0.4 is 5.32 Å². The SMILES string of the molecule is O=C(NC1CN2CCC1CC2)c1ncc(-c2ccccc2O)s1. The Morgan fingerprint density at radius 1 is 1.30 bits per heavy atom. The van der Waals surface area contributed by atoms with Crippen LogP contribution in [0.4, 0.5) is 0 Å². The van der Waals surface area contributed by atoms with Crippen LogP contribution in [0, 0.1) is 5.92 Å². The van der Waals surface area contributed by atoms with Crippen molar-refractivity contribution in [1.29, 1.82) is 0 Å². The van der Waals surface area contributed by atoms with Crippen LogP contribution in [0.15, 0.2) is 30.5 Å². The number of nitrogens with one attached hydrogen (secondary N) is 1. The molecule has 3 fully saturated rings. The van der Waals surface area contributed by atoms with E-state index in [1.165, 1.54) is 24.2 Å². The van der Waals surface area contributed by atoms with Gasteiger partial charge in [0.15, 0.2) is 5.01 Å². The second kappa shape index (κ2) is 5.94. The molecule has 5 nitrogen and oxygen atoms in total. The Labute approximate surface area is 139 Å². The predicted molar refractivity (Wildman–Crippen MR) is 89.6 cm³/mol. The van der Waals surface area contributed by atoms with E-state index in [-0.39, 0.29) is 17.7 Å². The molecule has 3 saturated heterocycles. The Morgan fingerprint density at radius 3 is 2.78 bits per heavy atom. The number of aromatic hydroxyl groups is 1. The van der Waals surface area contributed by atoms with Gasteiger partial charge in [-0.05, 0) is 44.0 Å². The Morgan fingerprint density at radius 2 is 2.09 bits per heavy atom. The monoisotopic (exact) mass is 329 g/mol. The van der Waals surface area contributed by atoms with Crippen molar-refractivity contribution in [3.8, 4) is 16.2 Å². The lowest BCUT2D eigenvalue weighted by molar-refractivity contribution is 0.0620. The van der Waals surface area contributed by atoms with Crippen LogP contribution in [0.3, 0.4) is 0 Å². The number of amides is 1. The van der Waals surface area contributed by atoms with Crippen molar-refractivity contribution in [3.05, 3.63) is 35.5 Å². The molecule has 1 aromatic carbocycles. The molecule has 120 valence electrons. The van der Waals surface area contributed by atoms with Gasteiger partial charge in [0.2, 0.25) is 0 Å². The number of rotatable bonds is 3. The number of para-hydroxylation sites is 1. The summed E-state index contributed by atoms with van der Waals surface area (Å²) in [6, 6.07) is 7.35. The Kier molecular flexibility index (Phi) is 3.79. The van der Waals surface area contributed by atoms with Gasteiger partial charge in [-0.25, -0.2) is 4.98 Å². The summed E-state index contributed by atoms with van der Waals surface area (Å²) in [5, 5.41) is 13.5. The molecule has 2 aromatic rings. The molecule has 1 aromatic heterocycles. The largest absolute Gasteiger partial charge is 0.507 e. The molecule has 1 amide bonds. The molecule has 0 radical (unpaired) electrons. The molecule has 3 aliphatic rings. The molecule has 2 bridgehead atoms. The lowest BCUT2D eigenvalue weighted by Crippen LogP contribution is -2.57. The molecule has 3 aliphatic heterocycles. The van der Waals surface area contributed by atoms with Gasteiger partial charge in [-0.1, -0.05) is 12.1 Å². The average Bonchev–Trinajstić information content (AvgIpc) is 3.06. The maximum Gasteiger partial charge on any atom is 0.280 e. The highest BCUT2D eigenvalue weighted by Crippen LogP contribution is 2.33. The Bertz CT molecular complexity index is 722. The van der Waals surface area contributed by atoms with E-state index in [9.17, 15) is 9.90 Å². The minimum Gasteiger partial charge on any atom is -0.507 e. The van der Waals surface area contributed by atoms with E-state index in [2.05, 4.69) is 15.2 Å². The molecular formula is C17H19N3O2S. The minimum atomic E-state index is -0.101. The number of piperidine rings is 3. The van der Waals surface area contributed by atoms with Crippen molar-refractivity contribution < 1.29 is 9.90 Å². The number of hydrogen-bond donors (Lipinski definition) is 2. The normalized spacial score (nSPS) is 26.2. The van der Waals surface area contributed by atoms with Gasteiger partial charge in [0.25, 0.3) is 5.91 Å². The number of phenolic OH excluding ortho intramolecular Hbond substituents is 1. The van der Waals surface area contributed by atoms with Gasteiger partial charge in [0.05, 0.1) is 4.88 Å². The van der Waals surface area contributed by atoms with Gasteiger partial charge in [-0.3, -0.25) is 4.79 Å². The highest BCUT2D eigenvalue weighted by atomic mass is 32.1. The molecule has 1 unspecified atom stereocenters. The second-order valence-electron chi connectivity index (χ2n) is 6.26. The number of phenols is 1. The first-order valence-electron chi connectivity index (χ1n) is 7.98. The zero-order valence-electron chi connectivity index (χ0n) is 12.7. The van der Waals surface area contributed by atoms with Crippen molar-refractivity contribution in [1.82, 2.24) is 15.2 Å². The van der Waals surface area contributed by atoms with Crippen LogP contribution in [-0.2, 0) is 0 Å². The molecule has 1 atom stereocenters. The van der Waals surface area contributed by atoms with E-state index in [0.717, 1.165) is 24.5 Å². The van der Waals surface area contributed by atoms with Gasteiger partial charge >= 0.3 is 0 Å². The van der Waals surface area contributed by atoms with E-state index in [4.69, 9.17) is 0 Å². The predicted octanol–water partition coefficient (Wildman–Crippen LogP) is 2.34. The molecule has 23 heavy (non-hydrogen) atoms. The summed E-state index contributed by atoms with van der Waals surface area (Å²) in [4.78, 5) is 19.9. The van der Waals surface area contributed by atoms with Crippen molar-refractivity contribution in [2.75, 3.05) is 19.6 Å². The van der Waals surface area contributed by atoms with E-state index >= 15 is 0 Å². The maximum atomic E-state index is 12.5. The van der Waals surface area contributed by atoms with Gasteiger partial charge in [0.1, 0.15) is 5.75 Å². The fraction of sp³-hybridized carbons (Fsp3) is 0.412. The minimum absolute atomic E-state index is 0.101. The molecular weight excluding hydrogens is 310 g/mol. The quantitative estimate of drug-likeness (QED) is 0.907. The zero-order valence-corrected chi connectivity index (χ0v) is 13.6. The topological polar surface area (TPSA) is 65.5 Å². The standard InChI is InChI=1S/C17H19N3O2S/c21-14-4-2-1-3-12(14)15-9-18-17(23-15)16(22)19-13-10-20-7-5-11(13)6-8-20/h1-4,9,11,13,21H,5-8,10H2,(H,19,22). The van der Waals surface area contributed by atoms with E-state index < -0.39 is 0 Å². The molecule has 0 spiro atoms. The number of carbonyl (C=O) groups is 1. The Balaban J connectivity index is 1.48. The van der Waals surface area contributed by atoms with Gasteiger partial charge in [-0.2, -0.15) is 0 Å². The third-order valence-electron chi connectivity index (χ3n) is 4.84. The highest BCUT2D eigenvalue weighted by molar-refractivity contribution is 7.17. The lowest BCUT2D eigenvalue weighted by Gasteiger charge is -2.44. The van der Waals surface area contributed by atoms with Crippen molar-refractivity contribution in [2.45, 2.75) is 18.9 Å². The van der Waals surface area contributed by atoms with Gasteiger partial charge in [0, 0.05) is 24.3 Å². The zero-order chi connectivity index (χ0) is 15.8. The number of benzene rings is 1. The van der Waals surface area contributed by atoms with Gasteiger partial charge in [-0.15, -0.1) is 11.3 Å². The summed E-state index contributed by atoms with van der Waals surface area (Å²) in [7, 11) is 0. The Hall–Kier alpha value is -1.92. The number of carbonyl (C=O) groups excluding carboxylic acids is 1. The fourth-order valence-electron chi connectivity index (χ4n) is 3.54. The molecule has 5 rings (SSSR count). The molecule has 4 heterocycles. The first kappa shape index (κ1) is 14.7. The summed E-state index contributed by atoms with van der Waals surface area (Å²) in [5.41, 5.74) is 0.715. The first-order chi connectivity index (χ1) is 11.2. The van der Waals surface area contributed by atoms with E-state index in [1.807, 2.05) is 12.1 Å². The molecule has 0 aliphatic carbocycles. The molecule has 2 N–H and O–H groups in total. The van der Waals surface area contributed by atoms with Crippen molar-refractivity contribution >= 4 is 17.2 Å². The van der Waals surface area contributed by atoms with E-state index in [1.54, 1.807) is 18.3 Å². The molecule has 6 heteroatoms. The number of hydrogen-bond acceptors (Lipinski definition) is 5. The number of nitrogens with zero attached hydrogens (tertiary/aromatic N) is 2. The van der Waals surface area contributed by atoms with Crippen molar-refractivity contribution in [3.63, 3.8) is 0 Å². The van der Waals surface area contributed by atoms with E-state index in [0.29, 0.717) is 16.5 Å². The molecule has 0 saturated carbocycles. The third kappa shape index (κ3) is 2.84. The second-order valence-corrected chi connectivity index (χ2v) is 7.30. The summed E-state index contributed by atoms with van der Waals surface area (Å²) in [6.45, 7) is 3.27.